The van der Waals surface area contributed by atoms with Gasteiger partial charge in [0.05, 0.1) is 0 Å². The molecule has 0 aromatic rings. The lowest BCUT2D eigenvalue weighted by molar-refractivity contribution is 0.314. The van der Waals surface area contributed by atoms with Gasteiger partial charge in [0, 0.05) is 0 Å². The molecule has 0 saturated carbocycles. The zero-order valence-corrected chi connectivity index (χ0v) is 15.5. The first kappa shape index (κ1) is 21.0. The van der Waals surface area contributed by atoms with Crippen molar-refractivity contribution >= 4 is 0 Å². The van der Waals surface area contributed by atoms with E-state index in [4.69, 9.17) is 0 Å². The largest absolute Gasteiger partial charge is 0.306 e. The van der Waals surface area contributed by atoms with Crippen LogP contribution in [0.2, 0.25) is 0 Å². The first-order valence-electron chi connectivity index (χ1n) is 9.99. The fraction of sp³-hybridized carbons (Fsp3) is 1.00. The molecule has 0 N–H and O–H groups in total. The average molecular weight is 298 g/mol. The van der Waals surface area contributed by atoms with Crippen molar-refractivity contribution in [2.45, 2.75) is 110 Å². The standard InChI is InChI=1S/C20H43N/c1-4-6-8-10-11-12-13-14-16-18-20-21(3)19-17-15-9-7-5-2/h4-20H2,1-3H3. The zero-order valence-electron chi connectivity index (χ0n) is 15.5. The Bertz CT molecular complexity index is 179. The Morgan fingerprint density at radius 3 is 1.05 bits per heavy atom. The third kappa shape index (κ3) is 17.9. The van der Waals surface area contributed by atoms with Crippen molar-refractivity contribution < 1.29 is 0 Å². The van der Waals surface area contributed by atoms with Crippen molar-refractivity contribution in [3.63, 3.8) is 0 Å². The fourth-order valence-corrected chi connectivity index (χ4v) is 2.97. The van der Waals surface area contributed by atoms with Crippen LogP contribution in [-0.4, -0.2) is 25.0 Å². The van der Waals surface area contributed by atoms with Crippen molar-refractivity contribution in [3.05, 3.63) is 0 Å². The van der Waals surface area contributed by atoms with Crippen LogP contribution < -0.4 is 0 Å². The van der Waals surface area contributed by atoms with Crippen molar-refractivity contribution in [2.24, 2.45) is 0 Å². The fourth-order valence-electron chi connectivity index (χ4n) is 2.97. The molecule has 0 aromatic heterocycles. The molecule has 0 aliphatic carbocycles. The molecule has 0 rings (SSSR count). The smallest absolute Gasteiger partial charge is 0.00218 e. The summed E-state index contributed by atoms with van der Waals surface area (Å²) in [6.45, 7) is 7.20. The summed E-state index contributed by atoms with van der Waals surface area (Å²) in [7, 11) is 2.30. The van der Waals surface area contributed by atoms with E-state index in [1.54, 1.807) is 0 Å². The van der Waals surface area contributed by atoms with Crippen molar-refractivity contribution in [3.8, 4) is 0 Å². The van der Waals surface area contributed by atoms with Gasteiger partial charge < -0.3 is 4.90 Å². The van der Waals surface area contributed by atoms with E-state index in [1.807, 2.05) is 0 Å². The molecule has 0 heterocycles. The summed E-state index contributed by atoms with van der Waals surface area (Å²) < 4.78 is 0. The molecule has 0 aliphatic heterocycles. The van der Waals surface area contributed by atoms with Gasteiger partial charge in [0.1, 0.15) is 0 Å². The van der Waals surface area contributed by atoms with Gasteiger partial charge in [-0.15, -0.1) is 0 Å². The summed E-state index contributed by atoms with van der Waals surface area (Å²) in [6, 6.07) is 0. The molecule has 0 bridgehead atoms. The average Bonchev–Trinajstić information content (AvgIpc) is 2.49. The van der Waals surface area contributed by atoms with Gasteiger partial charge in [0.25, 0.3) is 0 Å². The van der Waals surface area contributed by atoms with E-state index in [0.29, 0.717) is 0 Å². The van der Waals surface area contributed by atoms with E-state index in [9.17, 15) is 0 Å². The Labute approximate surface area is 135 Å². The highest BCUT2D eigenvalue weighted by Gasteiger charge is 1.98. The van der Waals surface area contributed by atoms with Crippen LogP contribution in [0, 0.1) is 0 Å². The monoisotopic (exact) mass is 297 g/mol. The summed E-state index contributed by atoms with van der Waals surface area (Å²) in [5.41, 5.74) is 0. The second-order valence-electron chi connectivity index (χ2n) is 6.90. The van der Waals surface area contributed by atoms with E-state index in [2.05, 4.69) is 25.8 Å². The van der Waals surface area contributed by atoms with Gasteiger partial charge in [0.15, 0.2) is 0 Å². The van der Waals surface area contributed by atoms with Crippen molar-refractivity contribution in [1.29, 1.82) is 0 Å². The molecule has 0 saturated heterocycles. The van der Waals surface area contributed by atoms with Crippen LogP contribution in [0.5, 0.6) is 0 Å². The normalized spacial score (nSPS) is 11.4. The third-order valence-electron chi connectivity index (χ3n) is 4.54. The van der Waals surface area contributed by atoms with Gasteiger partial charge >= 0.3 is 0 Å². The van der Waals surface area contributed by atoms with Crippen LogP contribution >= 0.6 is 0 Å². The maximum absolute atomic E-state index is 2.54. The van der Waals surface area contributed by atoms with E-state index in [0.717, 1.165) is 0 Å². The highest BCUT2D eigenvalue weighted by atomic mass is 15.1. The molecule has 0 radical (unpaired) electrons. The highest BCUT2D eigenvalue weighted by molar-refractivity contribution is 4.54. The molecule has 0 aliphatic rings. The van der Waals surface area contributed by atoms with E-state index in [-0.39, 0.29) is 0 Å². The molecule has 1 heteroatoms. The minimum atomic E-state index is 1.31. The molecule has 1 nitrogen and oxygen atoms in total. The lowest BCUT2D eigenvalue weighted by Gasteiger charge is -2.16. The summed E-state index contributed by atoms with van der Waals surface area (Å²) in [4.78, 5) is 2.54. The van der Waals surface area contributed by atoms with Crippen molar-refractivity contribution in [1.82, 2.24) is 4.90 Å². The summed E-state index contributed by atoms with van der Waals surface area (Å²) in [5.74, 6) is 0. The maximum Gasteiger partial charge on any atom is -0.00218 e. The van der Waals surface area contributed by atoms with Crippen LogP contribution in [0.25, 0.3) is 0 Å². The molecule has 0 spiro atoms. The molecule has 21 heavy (non-hydrogen) atoms. The van der Waals surface area contributed by atoms with Crippen LogP contribution in [0.1, 0.15) is 110 Å². The first-order valence-corrected chi connectivity index (χ1v) is 9.99. The van der Waals surface area contributed by atoms with Gasteiger partial charge in [-0.2, -0.15) is 0 Å². The Morgan fingerprint density at radius 2 is 0.714 bits per heavy atom. The molecule has 0 amide bonds. The quantitative estimate of drug-likeness (QED) is 0.266. The molecule has 0 atom stereocenters. The number of rotatable bonds is 17. The highest BCUT2D eigenvalue weighted by Crippen LogP contribution is 2.11. The number of hydrogen-bond donors (Lipinski definition) is 0. The molecule has 128 valence electrons. The van der Waals surface area contributed by atoms with Crippen LogP contribution in [0.3, 0.4) is 0 Å². The van der Waals surface area contributed by atoms with Gasteiger partial charge in [-0.1, -0.05) is 97.3 Å². The Kier molecular flexibility index (Phi) is 18.0. The third-order valence-corrected chi connectivity index (χ3v) is 4.54. The minimum Gasteiger partial charge on any atom is -0.306 e. The van der Waals surface area contributed by atoms with Crippen molar-refractivity contribution in [2.75, 3.05) is 20.1 Å². The first-order chi connectivity index (χ1) is 10.3. The number of nitrogens with zero attached hydrogens (tertiary/aromatic N) is 1. The SMILES string of the molecule is CCCCCCCCCCCCN(C)CCCCCCC. The van der Waals surface area contributed by atoms with Gasteiger partial charge in [-0.05, 0) is 33.0 Å². The van der Waals surface area contributed by atoms with Gasteiger partial charge in [0.2, 0.25) is 0 Å². The van der Waals surface area contributed by atoms with Gasteiger partial charge in [-0.25, -0.2) is 0 Å². The van der Waals surface area contributed by atoms with E-state index >= 15 is 0 Å². The van der Waals surface area contributed by atoms with E-state index in [1.165, 1.54) is 109 Å². The topological polar surface area (TPSA) is 3.24 Å². The zero-order chi connectivity index (χ0) is 15.6. The number of hydrogen-bond acceptors (Lipinski definition) is 1. The Balaban J connectivity index is 3.09. The lowest BCUT2D eigenvalue weighted by atomic mass is 10.1. The second-order valence-corrected chi connectivity index (χ2v) is 6.90. The molecular formula is C20H43N. The van der Waals surface area contributed by atoms with Crippen LogP contribution in [0.15, 0.2) is 0 Å². The Hall–Kier alpha value is -0.0400. The molecule has 0 fully saturated rings. The lowest BCUT2D eigenvalue weighted by Crippen LogP contribution is -2.20. The van der Waals surface area contributed by atoms with E-state index < -0.39 is 0 Å². The maximum atomic E-state index is 2.54. The predicted molar refractivity (Wildman–Crippen MR) is 98.1 cm³/mol. The second kappa shape index (κ2) is 18.0. The van der Waals surface area contributed by atoms with Crippen LogP contribution in [0.4, 0.5) is 0 Å². The molecular weight excluding hydrogens is 254 g/mol. The Morgan fingerprint density at radius 1 is 0.429 bits per heavy atom. The van der Waals surface area contributed by atoms with Crippen LogP contribution in [-0.2, 0) is 0 Å². The molecule has 0 aromatic carbocycles. The summed E-state index contributed by atoms with van der Waals surface area (Å²) in [6.07, 6.45) is 21.5. The van der Waals surface area contributed by atoms with Gasteiger partial charge in [-0.3, -0.25) is 0 Å². The molecule has 0 unspecified atom stereocenters. The summed E-state index contributed by atoms with van der Waals surface area (Å²) in [5, 5.41) is 0. The minimum absolute atomic E-state index is 1.31. The summed E-state index contributed by atoms with van der Waals surface area (Å²) >= 11 is 0. The number of unbranched alkanes of at least 4 members (excludes halogenated alkanes) is 13. The predicted octanol–water partition coefficient (Wildman–Crippen LogP) is 6.81.